The minimum atomic E-state index is -3.52. The van der Waals surface area contributed by atoms with Crippen molar-refractivity contribution >= 4 is 16.0 Å². The van der Waals surface area contributed by atoms with E-state index < -0.39 is 16.0 Å². The van der Waals surface area contributed by atoms with Crippen LogP contribution in [0.1, 0.15) is 142 Å². The van der Waals surface area contributed by atoms with Crippen LogP contribution < -0.4 is 39.4 Å². The Morgan fingerprint density at radius 1 is 0.697 bits per heavy atom. The number of aliphatic carboxylic acids is 1. The van der Waals surface area contributed by atoms with E-state index in [0.717, 1.165) is 24.7 Å². The summed E-state index contributed by atoms with van der Waals surface area (Å²) in [5, 5.41) is 11.4. The van der Waals surface area contributed by atoms with Gasteiger partial charge in [-0.1, -0.05) is 129 Å². The van der Waals surface area contributed by atoms with Crippen LogP contribution in [-0.2, 0) is 14.8 Å². The number of hydrogen-bond donors (Lipinski definition) is 1. The molecule has 0 aliphatic heterocycles. The molecule has 7 heteroatoms. The first-order valence-electron chi connectivity index (χ1n) is 13.3. The second-order valence-electron chi connectivity index (χ2n) is 9.09. The molecule has 1 N–H and O–H groups in total. The van der Waals surface area contributed by atoms with Crippen molar-refractivity contribution in [3.63, 3.8) is 0 Å². The Morgan fingerprint density at radius 2 is 1.06 bits per heavy atom. The second-order valence-corrected chi connectivity index (χ2v) is 10.7. The molecule has 0 fully saturated rings. The molecule has 0 unspecified atom stereocenters. The minimum Gasteiger partial charge on any atom is -0.550 e. The van der Waals surface area contributed by atoms with Gasteiger partial charge in [-0.15, -0.1) is 0 Å². The Labute approximate surface area is 227 Å². The van der Waals surface area contributed by atoms with E-state index in [-0.39, 0.29) is 42.5 Å². The van der Waals surface area contributed by atoms with E-state index in [9.17, 15) is 18.3 Å². The average Bonchev–Trinajstić information content (AvgIpc) is 2.74. The van der Waals surface area contributed by atoms with Crippen LogP contribution in [0.3, 0.4) is 0 Å². The van der Waals surface area contributed by atoms with E-state index in [2.05, 4.69) is 11.6 Å². The molecule has 0 aromatic rings. The molecule has 190 valence electrons. The maximum atomic E-state index is 11.6. The summed E-state index contributed by atoms with van der Waals surface area (Å²) >= 11 is 0. The van der Waals surface area contributed by atoms with Gasteiger partial charge in [0.15, 0.2) is 0 Å². The van der Waals surface area contributed by atoms with Gasteiger partial charge in [0.1, 0.15) is 0 Å². The van der Waals surface area contributed by atoms with Crippen molar-refractivity contribution in [1.82, 2.24) is 4.72 Å². The summed E-state index contributed by atoms with van der Waals surface area (Å²) in [5.74, 6) is -1.26. The van der Waals surface area contributed by atoms with Crippen molar-refractivity contribution in [2.75, 3.05) is 6.54 Å². The maximum Gasteiger partial charge on any atom is 1.00 e. The molecule has 0 atom stereocenters. The quantitative estimate of drug-likeness (QED) is 0.155. The predicted molar refractivity (Wildman–Crippen MR) is 134 cm³/mol. The molecule has 33 heavy (non-hydrogen) atoms. The average molecular weight is 496 g/mol. The third-order valence-corrected chi connectivity index (χ3v) is 7.04. The van der Waals surface area contributed by atoms with E-state index in [0.29, 0.717) is 0 Å². The number of allylic oxidation sites excluding steroid dienone is 1. The summed E-state index contributed by atoms with van der Waals surface area (Å²) in [6, 6.07) is 0. The first-order chi connectivity index (χ1) is 15.5. The Balaban J connectivity index is 0. The van der Waals surface area contributed by atoms with E-state index in [4.69, 9.17) is 0 Å². The Morgan fingerprint density at radius 3 is 1.42 bits per heavy atom. The van der Waals surface area contributed by atoms with E-state index in [1.54, 1.807) is 6.08 Å². The van der Waals surface area contributed by atoms with E-state index in [1.807, 2.05) is 0 Å². The van der Waals surface area contributed by atoms with Crippen LogP contribution in [-0.4, -0.2) is 20.9 Å². The van der Waals surface area contributed by atoms with Crippen molar-refractivity contribution in [2.24, 2.45) is 0 Å². The maximum absolute atomic E-state index is 11.6. The van der Waals surface area contributed by atoms with Gasteiger partial charge >= 0.3 is 29.6 Å². The molecule has 0 aliphatic carbocycles. The van der Waals surface area contributed by atoms with Gasteiger partial charge in [-0.25, -0.2) is 13.1 Å². The Bertz CT molecular complexity index is 552. The monoisotopic (exact) mass is 495 g/mol. The van der Waals surface area contributed by atoms with Crippen LogP contribution in [0.2, 0.25) is 0 Å². The summed E-state index contributed by atoms with van der Waals surface area (Å²) in [6.07, 6.45) is 27.6. The number of rotatable bonds is 25. The van der Waals surface area contributed by atoms with E-state index >= 15 is 0 Å². The van der Waals surface area contributed by atoms with Gasteiger partial charge in [0.05, 0.1) is 0 Å². The SMILES string of the molecule is CCCCCCCCCCCCCCCCCCCCC/C=C/S(=O)(=O)NCCC(=O)[O-].[Na+]. The van der Waals surface area contributed by atoms with Crippen LogP contribution in [0.15, 0.2) is 11.5 Å². The fraction of sp³-hybridized carbons (Fsp3) is 0.885. The number of unbranched alkanes of at least 4 members (excludes halogenated alkanes) is 19. The molecule has 0 heterocycles. The molecule has 0 amide bonds. The fourth-order valence-corrected chi connectivity index (χ4v) is 4.75. The molecule has 0 bridgehead atoms. The normalized spacial score (nSPS) is 11.7. The van der Waals surface area contributed by atoms with Gasteiger partial charge in [-0.3, -0.25) is 0 Å². The van der Waals surface area contributed by atoms with Crippen molar-refractivity contribution in [3.8, 4) is 0 Å². The van der Waals surface area contributed by atoms with Crippen molar-refractivity contribution in [1.29, 1.82) is 0 Å². The number of hydrogen-bond acceptors (Lipinski definition) is 4. The molecule has 0 spiro atoms. The number of nitrogens with one attached hydrogen (secondary N) is 1. The first-order valence-corrected chi connectivity index (χ1v) is 14.9. The largest absolute Gasteiger partial charge is 1.00 e. The molecule has 0 aliphatic rings. The van der Waals surface area contributed by atoms with Crippen LogP contribution in [0, 0.1) is 0 Å². The van der Waals surface area contributed by atoms with Gasteiger partial charge in [0.2, 0.25) is 10.0 Å². The van der Waals surface area contributed by atoms with Gasteiger partial charge < -0.3 is 9.90 Å². The van der Waals surface area contributed by atoms with Crippen molar-refractivity contribution in [3.05, 3.63) is 11.5 Å². The molecular weight excluding hydrogens is 445 g/mol. The molecule has 0 rings (SSSR count). The number of carbonyl (C=O) groups is 1. The van der Waals surface area contributed by atoms with Crippen molar-refractivity contribution in [2.45, 2.75) is 142 Å². The molecule has 5 nitrogen and oxygen atoms in total. The summed E-state index contributed by atoms with van der Waals surface area (Å²) in [7, 11) is -3.52. The van der Waals surface area contributed by atoms with Gasteiger partial charge in [-0.05, 0) is 12.8 Å². The third-order valence-electron chi connectivity index (χ3n) is 5.88. The van der Waals surface area contributed by atoms with Crippen molar-refractivity contribution < 1.29 is 47.9 Å². The zero-order valence-electron chi connectivity index (χ0n) is 21.8. The topological polar surface area (TPSA) is 86.3 Å². The standard InChI is InChI=1S/C26H51NO4S.Na/c1-2-3-4-5-6-7-8-9-10-11-12-13-14-15-16-17-18-19-20-21-22-25-32(30,31)27-24-23-26(28)29;/h22,25,27H,2-21,23-24H2,1H3,(H,28,29);/q;+1/p-1/b25-22+;. The minimum absolute atomic E-state index is 0. The Hall–Kier alpha value is 0.120. The zero-order chi connectivity index (χ0) is 23.8. The molecular formula is C26H50NNaO4S. The predicted octanol–water partition coefficient (Wildman–Crippen LogP) is 3.39. The fourth-order valence-electron chi connectivity index (χ4n) is 3.88. The molecule has 0 saturated heterocycles. The van der Waals surface area contributed by atoms with Crippen LogP contribution in [0.25, 0.3) is 0 Å². The van der Waals surface area contributed by atoms with Crippen LogP contribution in [0.4, 0.5) is 0 Å². The number of carboxylic acid groups (broad SMARTS) is 1. The molecule has 0 saturated carbocycles. The summed E-state index contributed by atoms with van der Waals surface area (Å²) in [5.41, 5.74) is 0. The summed E-state index contributed by atoms with van der Waals surface area (Å²) in [6.45, 7) is 2.14. The molecule has 0 aromatic carbocycles. The Kier molecular flexibility index (Phi) is 28.6. The number of carbonyl (C=O) groups excluding carboxylic acids is 1. The third kappa shape index (κ3) is 30.1. The summed E-state index contributed by atoms with van der Waals surface area (Å²) in [4.78, 5) is 10.3. The first kappa shape index (κ1) is 35.3. The van der Waals surface area contributed by atoms with Gasteiger partial charge in [0, 0.05) is 24.3 Å². The number of sulfonamides is 1. The molecule has 0 radical (unpaired) electrons. The van der Waals surface area contributed by atoms with Gasteiger partial charge in [0.25, 0.3) is 0 Å². The summed E-state index contributed by atoms with van der Waals surface area (Å²) < 4.78 is 25.4. The smallest absolute Gasteiger partial charge is 0.550 e. The van der Waals surface area contributed by atoms with E-state index in [1.165, 1.54) is 109 Å². The zero-order valence-corrected chi connectivity index (χ0v) is 24.6. The van der Waals surface area contributed by atoms with Crippen LogP contribution >= 0.6 is 0 Å². The second kappa shape index (κ2) is 26.7. The molecule has 0 aromatic heterocycles. The van der Waals surface area contributed by atoms with Crippen LogP contribution in [0.5, 0.6) is 0 Å². The number of carboxylic acids is 1. The van der Waals surface area contributed by atoms with Gasteiger partial charge in [-0.2, -0.15) is 0 Å².